The minimum absolute atomic E-state index is 0.0280. The summed E-state index contributed by atoms with van der Waals surface area (Å²) >= 11 is 0. The molecule has 0 unspecified atom stereocenters. The molecule has 0 fully saturated rings. The molecule has 0 atom stereocenters. The molecule has 4 nitrogen and oxygen atoms in total. The predicted molar refractivity (Wildman–Crippen MR) is 67.9 cm³/mol. The second-order valence-corrected chi connectivity index (χ2v) is 4.37. The van der Waals surface area contributed by atoms with E-state index in [-0.39, 0.29) is 12.3 Å². The van der Waals surface area contributed by atoms with Crippen LogP contribution < -0.4 is 5.32 Å². The van der Waals surface area contributed by atoms with Gasteiger partial charge in [-0.05, 0) is 12.8 Å². The van der Waals surface area contributed by atoms with Crippen molar-refractivity contribution in [3.05, 3.63) is 0 Å². The topological polar surface area (TPSA) is 66.4 Å². The molecule has 0 saturated carbocycles. The zero-order valence-electron chi connectivity index (χ0n) is 10.8. The zero-order valence-corrected chi connectivity index (χ0v) is 10.8. The molecule has 1 amide bonds. The Bertz CT molecular complexity index is 217. The Kier molecular flexibility index (Phi) is 10.7. The molecule has 0 radical (unpaired) electrons. The second-order valence-electron chi connectivity index (χ2n) is 4.37. The molecule has 0 aliphatic heterocycles. The highest BCUT2D eigenvalue weighted by atomic mass is 16.4. The van der Waals surface area contributed by atoms with Gasteiger partial charge in [-0.25, -0.2) is 0 Å². The summed E-state index contributed by atoms with van der Waals surface area (Å²) in [4.78, 5) is 21.5. The first-order valence-electron chi connectivity index (χ1n) is 6.65. The van der Waals surface area contributed by atoms with Gasteiger partial charge in [0.1, 0.15) is 0 Å². The molecule has 0 spiro atoms. The van der Waals surface area contributed by atoms with Crippen molar-refractivity contribution < 1.29 is 14.7 Å². The highest BCUT2D eigenvalue weighted by Crippen LogP contribution is 2.04. The highest BCUT2D eigenvalue weighted by Gasteiger charge is 2.02. The average molecular weight is 243 g/mol. The van der Waals surface area contributed by atoms with E-state index in [9.17, 15) is 9.59 Å². The van der Waals surface area contributed by atoms with Crippen molar-refractivity contribution in [3.63, 3.8) is 0 Å². The van der Waals surface area contributed by atoms with Crippen molar-refractivity contribution in [1.82, 2.24) is 5.32 Å². The van der Waals surface area contributed by atoms with Crippen LogP contribution in [0.5, 0.6) is 0 Å². The summed E-state index contributed by atoms with van der Waals surface area (Å²) < 4.78 is 0. The summed E-state index contributed by atoms with van der Waals surface area (Å²) in [5.41, 5.74) is 0. The maximum atomic E-state index is 11.3. The van der Waals surface area contributed by atoms with Crippen LogP contribution in [0.4, 0.5) is 0 Å². The summed E-state index contributed by atoms with van der Waals surface area (Å²) in [6.07, 6.45) is 8.07. The van der Waals surface area contributed by atoms with Crippen molar-refractivity contribution in [2.75, 3.05) is 6.54 Å². The van der Waals surface area contributed by atoms with Crippen molar-refractivity contribution in [1.29, 1.82) is 0 Å². The van der Waals surface area contributed by atoms with Crippen LogP contribution in [0.2, 0.25) is 0 Å². The lowest BCUT2D eigenvalue weighted by atomic mass is 10.1. The molecule has 0 heterocycles. The fourth-order valence-corrected chi connectivity index (χ4v) is 1.62. The Morgan fingerprint density at radius 1 is 0.941 bits per heavy atom. The van der Waals surface area contributed by atoms with E-state index >= 15 is 0 Å². The number of hydrogen-bond acceptors (Lipinski definition) is 2. The summed E-state index contributed by atoms with van der Waals surface area (Å²) in [5.74, 6) is -0.867. The minimum atomic E-state index is -0.839. The number of carbonyl (C=O) groups excluding carboxylic acids is 1. The minimum Gasteiger partial charge on any atom is -0.481 e. The SMILES string of the molecule is CCCCCCCCNC(=O)CCCC(=O)O. The maximum absolute atomic E-state index is 11.3. The lowest BCUT2D eigenvalue weighted by Crippen LogP contribution is -2.24. The quantitative estimate of drug-likeness (QED) is 0.548. The summed E-state index contributed by atoms with van der Waals surface area (Å²) in [6, 6.07) is 0. The van der Waals surface area contributed by atoms with Gasteiger partial charge in [0.15, 0.2) is 0 Å². The summed E-state index contributed by atoms with van der Waals surface area (Å²) in [5, 5.41) is 11.2. The first-order chi connectivity index (χ1) is 8.16. The van der Waals surface area contributed by atoms with E-state index in [0.717, 1.165) is 19.4 Å². The predicted octanol–water partition coefficient (Wildman–Crippen LogP) is 2.72. The van der Waals surface area contributed by atoms with Crippen molar-refractivity contribution in [2.45, 2.75) is 64.7 Å². The van der Waals surface area contributed by atoms with Crippen LogP contribution in [0.15, 0.2) is 0 Å². The van der Waals surface area contributed by atoms with Crippen LogP contribution in [0.3, 0.4) is 0 Å². The van der Waals surface area contributed by atoms with Gasteiger partial charge in [-0.2, -0.15) is 0 Å². The lowest BCUT2D eigenvalue weighted by molar-refractivity contribution is -0.137. The molecule has 0 saturated heterocycles. The fourth-order valence-electron chi connectivity index (χ4n) is 1.62. The number of unbranched alkanes of at least 4 members (excludes halogenated alkanes) is 5. The Hall–Kier alpha value is -1.06. The van der Waals surface area contributed by atoms with Crippen LogP contribution in [0.1, 0.15) is 64.7 Å². The van der Waals surface area contributed by atoms with E-state index in [2.05, 4.69) is 12.2 Å². The third-order valence-electron chi connectivity index (χ3n) is 2.65. The Labute approximate surface area is 104 Å². The molecule has 2 N–H and O–H groups in total. The molecule has 0 aromatic rings. The normalized spacial score (nSPS) is 10.2. The van der Waals surface area contributed by atoms with Gasteiger partial charge in [0, 0.05) is 19.4 Å². The molecule has 0 aliphatic rings. The van der Waals surface area contributed by atoms with Gasteiger partial charge < -0.3 is 10.4 Å². The first-order valence-corrected chi connectivity index (χ1v) is 6.65. The van der Waals surface area contributed by atoms with Gasteiger partial charge in [-0.15, -0.1) is 0 Å². The van der Waals surface area contributed by atoms with Crippen LogP contribution in [-0.4, -0.2) is 23.5 Å². The van der Waals surface area contributed by atoms with Crippen LogP contribution in [-0.2, 0) is 9.59 Å². The number of carbonyl (C=O) groups is 2. The monoisotopic (exact) mass is 243 g/mol. The van der Waals surface area contributed by atoms with Crippen molar-refractivity contribution in [3.8, 4) is 0 Å². The fraction of sp³-hybridized carbons (Fsp3) is 0.846. The molecule has 4 heteroatoms. The van der Waals surface area contributed by atoms with Gasteiger partial charge in [-0.3, -0.25) is 9.59 Å². The number of rotatable bonds is 11. The van der Waals surface area contributed by atoms with Gasteiger partial charge >= 0.3 is 5.97 Å². The molecule has 0 aliphatic carbocycles. The van der Waals surface area contributed by atoms with E-state index in [1.807, 2.05) is 0 Å². The second kappa shape index (κ2) is 11.4. The maximum Gasteiger partial charge on any atom is 0.303 e. The van der Waals surface area contributed by atoms with E-state index in [0.29, 0.717) is 12.8 Å². The number of hydrogen-bond donors (Lipinski definition) is 2. The third kappa shape index (κ3) is 12.9. The van der Waals surface area contributed by atoms with E-state index in [1.165, 1.54) is 25.7 Å². The molecule has 0 aromatic heterocycles. The number of nitrogens with one attached hydrogen (secondary N) is 1. The van der Waals surface area contributed by atoms with E-state index in [1.54, 1.807) is 0 Å². The Morgan fingerprint density at radius 2 is 1.59 bits per heavy atom. The lowest BCUT2D eigenvalue weighted by Gasteiger charge is -2.04. The molecular formula is C13H25NO3. The molecule has 0 bridgehead atoms. The average Bonchev–Trinajstić information content (AvgIpc) is 2.27. The zero-order chi connectivity index (χ0) is 12.9. The first kappa shape index (κ1) is 15.9. The number of aliphatic carboxylic acids is 1. The van der Waals surface area contributed by atoms with Crippen LogP contribution in [0.25, 0.3) is 0 Å². The number of carboxylic acids is 1. The standard InChI is InChI=1S/C13H25NO3/c1-2-3-4-5-6-7-11-14-12(15)9-8-10-13(16)17/h2-11H2,1H3,(H,14,15)(H,16,17). The molecule has 0 rings (SSSR count). The highest BCUT2D eigenvalue weighted by molar-refractivity contribution is 5.76. The van der Waals surface area contributed by atoms with Crippen LogP contribution in [0, 0.1) is 0 Å². The Morgan fingerprint density at radius 3 is 2.24 bits per heavy atom. The van der Waals surface area contributed by atoms with Gasteiger partial charge in [0.05, 0.1) is 0 Å². The third-order valence-corrected chi connectivity index (χ3v) is 2.65. The summed E-state index contributed by atoms with van der Waals surface area (Å²) in [6.45, 7) is 2.91. The molecular weight excluding hydrogens is 218 g/mol. The molecule has 0 aromatic carbocycles. The van der Waals surface area contributed by atoms with Gasteiger partial charge in [0.2, 0.25) is 5.91 Å². The van der Waals surface area contributed by atoms with Gasteiger partial charge in [-0.1, -0.05) is 39.0 Å². The van der Waals surface area contributed by atoms with Crippen molar-refractivity contribution in [2.24, 2.45) is 0 Å². The van der Waals surface area contributed by atoms with Crippen LogP contribution >= 0.6 is 0 Å². The molecule has 100 valence electrons. The number of amides is 1. The summed E-state index contributed by atoms with van der Waals surface area (Å²) in [7, 11) is 0. The van der Waals surface area contributed by atoms with E-state index in [4.69, 9.17) is 5.11 Å². The smallest absolute Gasteiger partial charge is 0.303 e. The van der Waals surface area contributed by atoms with Crippen molar-refractivity contribution >= 4 is 11.9 Å². The largest absolute Gasteiger partial charge is 0.481 e. The Balaban J connectivity index is 3.19. The van der Waals surface area contributed by atoms with Gasteiger partial charge in [0.25, 0.3) is 0 Å². The molecule has 17 heavy (non-hydrogen) atoms. The number of carboxylic acid groups (broad SMARTS) is 1. The van der Waals surface area contributed by atoms with E-state index < -0.39 is 5.97 Å².